The fourth-order valence-corrected chi connectivity index (χ4v) is 8.99. The lowest BCUT2D eigenvalue weighted by Crippen LogP contribution is -2.34. The van der Waals surface area contributed by atoms with Crippen LogP contribution in [0.15, 0.2) is 164 Å². The van der Waals surface area contributed by atoms with Crippen molar-refractivity contribution in [1.82, 2.24) is 14.7 Å². The van der Waals surface area contributed by atoms with E-state index >= 15 is 0 Å². The number of benzene rings is 6. The number of ether oxygens (including phenoxy) is 3. The van der Waals surface area contributed by atoms with Gasteiger partial charge in [-0.1, -0.05) is 123 Å². The minimum atomic E-state index is -0.779. The SMILES string of the molecule is C.O=C(CCCC(=O)N1C(=O)OC[C@@H]1c1ccccc1)c1ccc(F)cc1.O=C(CCC[C@@H](O)c1ccc(F)cc1)N1C(=O)OC[C@@H]1c1ccccc1.O=C(CCC[C@H](O)c1ccc(F)cc1)N1C(=O)OC[C@@H]1c1ccccc1. The first-order valence-corrected chi connectivity index (χ1v) is 25.5. The van der Waals surface area contributed by atoms with Crippen LogP contribution in [0.2, 0.25) is 0 Å². The van der Waals surface area contributed by atoms with Crippen LogP contribution in [0.25, 0.3) is 0 Å². The molecule has 414 valence electrons. The van der Waals surface area contributed by atoms with Gasteiger partial charge in [-0.25, -0.2) is 42.3 Å². The number of hydrogen-bond acceptors (Lipinski definition) is 12. The first-order valence-electron chi connectivity index (χ1n) is 25.5. The fourth-order valence-electron chi connectivity index (χ4n) is 8.99. The van der Waals surface area contributed by atoms with Crippen LogP contribution < -0.4 is 0 Å². The van der Waals surface area contributed by atoms with Crippen molar-refractivity contribution < 1.29 is 71.2 Å². The molecule has 9 rings (SSSR count). The molecule has 0 radical (unpaired) electrons. The number of imide groups is 3. The van der Waals surface area contributed by atoms with E-state index < -0.39 is 54.4 Å². The van der Waals surface area contributed by atoms with Gasteiger partial charge in [-0.3, -0.25) is 19.2 Å². The normalized spacial score (nSPS) is 17.2. The highest BCUT2D eigenvalue weighted by atomic mass is 19.1. The molecular formula is C61H62F3N3O12. The highest BCUT2D eigenvalue weighted by molar-refractivity contribution is 5.97. The van der Waals surface area contributed by atoms with Gasteiger partial charge in [0.2, 0.25) is 17.7 Å². The Hall–Kier alpha value is -8.48. The third-order valence-corrected chi connectivity index (χ3v) is 13.2. The summed E-state index contributed by atoms with van der Waals surface area (Å²) in [5.41, 5.74) is 4.12. The summed E-state index contributed by atoms with van der Waals surface area (Å²) < 4.78 is 53.8. The van der Waals surface area contributed by atoms with E-state index in [0.717, 1.165) is 31.4 Å². The van der Waals surface area contributed by atoms with Gasteiger partial charge >= 0.3 is 18.3 Å². The number of cyclic esters (lactones) is 3. The number of amides is 6. The van der Waals surface area contributed by atoms with E-state index in [1.165, 1.54) is 72.8 Å². The molecule has 0 unspecified atom stereocenters. The molecular weight excluding hydrogens is 1020 g/mol. The van der Waals surface area contributed by atoms with Crippen molar-refractivity contribution in [3.63, 3.8) is 0 Å². The number of hydrogen-bond donors (Lipinski definition) is 2. The largest absolute Gasteiger partial charge is 0.446 e. The van der Waals surface area contributed by atoms with E-state index in [-0.39, 0.29) is 88.1 Å². The Bertz CT molecular complexity index is 2840. The van der Waals surface area contributed by atoms with Gasteiger partial charge in [-0.05, 0) is 108 Å². The van der Waals surface area contributed by atoms with Crippen molar-refractivity contribution in [2.75, 3.05) is 19.8 Å². The van der Waals surface area contributed by atoms with Crippen molar-refractivity contribution in [3.05, 3.63) is 215 Å². The summed E-state index contributed by atoms with van der Waals surface area (Å²) in [5, 5.41) is 20.3. The topological polar surface area (TPSA) is 197 Å². The summed E-state index contributed by atoms with van der Waals surface area (Å²) in [6.07, 6.45) is -1.23. The van der Waals surface area contributed by atoms with Gasteiger partial charge in [0, 0.05) is 31.2 Å². The van der Waals surface area contributed by atoms with Crippen molar-refractivity contribution in [1.29, 1.82) is 0 Å². The zero-order chi connectivity index (χ0) is 55.6. The Morgan fingerprint density at radius 1 is 0.430 bits per heavy atom. The number of halogens is 3. The summed E-state index contributed by atoms with van der Waals surface area (Å²) in [4.78, 5) is 88.8. The highest BCUT2D eigenvalue weighted by Gasteiger charge is 2.40. The van der Waals surface area contributed by atoms with E-state index in [4.69, 9.17) is 14.2 Å². The number of rotatable bonds is 18. The van der Waals surface area contributed by atoms with Gasteiger partial charge in [0.05, 0.1) is 12.2 Å². The molecule has 0 aliphatic carbocycles. The molecule has 3 saturated heterocycles. The molecule has 3 fully saturated rings. The Morgan fingerprint density at radius 2 is 0.722 bits per heavy atom. The third-order valence-electron chi connectivity index (χ3n) is 13.2. The van der Waals surface area contributed by atoms with Crippen LogP contribution in [0.4, 0.5) is 27.6 Å². The second kappa shape index (κ2) is 29.3. The molecule has 6 aromatic rings. The van der Waals surface area contributed by atoms with E-state index in [1.807, 2.05) is 91.0 Å². The van der Waals surface area contributed by atoms with E-state index in [2.05, 4.69) is 0 Å². The molecule has 6 aromatic carbocycles. The molecule has 15 nitrogen and oxygen atoms in total. The first kappa shape index (κ1) is 59.8. The van der Waals surface area contributed by atoms with Gasteiger partial charge in [0.25, 0.3) is 0 Å². The Kier molecular flexibility index (Phi) is 22.2. The number of carbonyl (C=O) groups is 7. The van der Waals surface area contributed by atoms with Crippen molar-refractivity contribution in [3.8, 4) is 0 Å². The van der Waals surface area contributed by atoms with Gasteiger partial charge in [-0.2, -0.15) is 0 Å². The molecule has 3 heterocycles. The Balaban J connectivity index is 0.000000190. The zero-order valence-corrected chi connectivity index (χ0v) is 42.4. The maximum atomic E-state index is 12.9. The highest BCUT2D eigenvalue weighted by Crippen LogP contribution is 2.32. The predicted molar refractivity (Wildman–Crippen MR) is 284 cm³/mol. The van der Waals surface area contributed by atoms with Crippen molar-refractivity contribution in [2.45, 2.75) is 95.5 Å². The minimum absolute atomic E-state index is 0. The molecule has 0 spiro atoms. The van der Waals surface area contributed by atoms with Crippen LogP contribution in [0.3, 0.4) is 0 Å². The molecule has 6 amide bonds. The van der Waals surface area contributed by atoms with E-state index in [9.17, 15) is 56.9 Å². The zero-order valence-electron chi connectivity index (χ0n) is 42.4. The molecule has 5 atom stereocenters. The summed E-state index contributed by atoms with van der Waals surface area (Å²) in [7, 11) is 0. The average molecular weight is 1090 g/mol. The number of Topliss-reactive ketones (excluding diaryl/α,β-unsaturated/α-hetero) is 1. The number of nitrogens with zero attached hydrogens (tertiary/aromatic N) is 3. The van der Waals surface area contributed by atoms with Crippen LogP contribution >= 0.6 is 0 Å². The molecule has 0 saturated carbocycles. The lowest BCUT2D eigenvalue weighted by Gasteiger charge is -2.20. The van der Waals surface area contributed by atoms with Crippen LogP contribution in [0, 0.1) is 17.5 Å². The number of carbonyl (C=O) groups excluding carboxylic acids is 7. The van der Waals surface area contributed by atoms with Crippen LogP contribution in [-0.2, 0) is 28.6 Å². The van der Waals surface area contributed by atoms with Crippen LogP contribution in [0.5, 0.6) is 0 Å². The van der Waals surface area contributed by atoms with Crippen molar-refractivity contribution in [2.24, 2.45) is 0 Å². The second-order valence-electron chi connectivity index (χ2n) is 18.5. The fraction of sp³-hybridized carbons (Fsp3) is 0.295. The molecule has 3 aliphatic heterocycles. The maximum absolute atomic E-state index is 12.9. The van der Waals surface area contributed by atoms with Gasteiger partial charge in [-0.15, -0.1) is 0 Å². The molecule has 3 aliphatic rings. The maximum Gasteiger partial charge on any atom is 0.417 e. The van der Waals surface area contributed by atoms with E-state index in [0.29, 0.717) is 48.8 Å². The molecule has 0 bridgehead atoms. The number of ketones is 1. The van der Waals surface area contributed by atoms with Crippen LogP contribution in [0.1, 0.15) is 134 Å². The molecule has 79 heavy (non-hydrogen) atoms. The summed E-state index contributed by atoms with van der Waals surface area (Å²) in [6.45, 7) is 0.419. The summed E-state index contributed by atoms with van der Waals surface area (Å²) >= 11 is 0. The monoisotopic (exact) mass is 1090 g/mol. The molecule has 2 N–H and O–H groups in total. The Labute approximate surface area is 456 Å². The van der Waals surface area contributed by atoms with Gasteiger partial charge in [0.15, 0.2) is 5.78 Å². The third kappa shape index (κ3) is 16.5. The lowest BCUT2D eigenvalue weighted by atomic mass is 10.0. The standard InChI is InChI=1S/2C20H20FNO4.C20H18FNO4.CH4/c3*21-16-11-9-15(10-12-16)18(23)7-4-8-19(24)22-17(13-26-20(22)25)14-5-2-1-3-6-14;/h2*1-3,5-6,9-12,17-18,23H,4,7-8,13H2;1-3,5-6,9-12,17H,4,7-8,13H2;1H4/t17-,18+;17-,18-;17-;/m111./s1. The average Bonchev–Trinajstić information content (AvgIpc) is 4.21. The van der Waals surface area contributed by atoms with Crippen LogP contribution in [-0.4, -0.2) is 86.5 Å². The summed E-state index contributed by atoms with van der Waals surface area (Å²) in [6, 6.07) is 43.0. The summed E-state index contributed by atoms with van der Waals surface area (Å²) in [5.74, 6) is -2.32. The smallest absolute Gasteiger partial charge is 0.417 e. The predicted octanol–water partition coefficient (Wildman–Crippen LogP) is 12.0. The van der Waals surface area contributed by atoms with E-state index in [1.54, 1.807) is 0 Å². The minimum Gasteiger partial charge on any atom is -0.446 e. The van der Waals surface area contributed by atoms with Crippen molar-refractivity contribution >= 4 is 41.8 Å². The quantitative estimate of drug-likeness (QED) is 0.0611. The number of aliphatic hydroxyl groups is 2. The molecule has 0 aromatic heterocycles. The second-order valence-corrected chi connectivity index (χ2v) is 18.5. The Morgan fingerprint density at radius 3 is 1.04 bits per heavy atom. The lowest BCUT2D eigenvalue weighted by molar-refractivity contribution is -0.130. The number of aliphatic hydroxyl groups excluding tert-OH is 2. The first-order chi connectivity index (χ1) is 37.7. The molecule has 18 heteroatoms. The van der Waals surface area contributed by atoms with Gasteiger partial charge < -0.3 is 24.4 Å². The van der Waals surface area contributed by atoms with Gasteiger partial charge in [0.1, 0.15) is 55.4 Å².